The largest absolute Gasteiger partial charge is 0.491 e. The number of ether oxygens (including phenoxy) is 1. The lowest BCUT2D eigenvalue weighted by atomic mass is 9.85. The van der Waals surface area contributed by atoms with E-state index in [-0.39, 0.29) is 80.9 Å². The number of aliphatic hydroxyl groups is 1. The first-order chi connectivity index (χ1) is 33.8. The molecule has 0 saturated carbocycles. The van der Waals surface area contributed by atoms with Crippen LogP contribution in [0.3, 0.4) is 0 Å². The minimum absolute atomic E-state index is 0. The summed E-state index contributed by atoms with van der Waals surface area (Å²) < 4.78 is 6.17. The lowest BCUT2D eigenvalue weighted by molar-refractivity contribution is -0.144. The molecular formula is C53H68Cl2N8O8S. The van der Waals surface area contributed by atoms with Gasteiger partial charge in [0.2, 0.25) is 35.4 Å². The molecule has 1 saturated heterocycles. The van der Waals surface area contributed by atoms with Crippen molar-refractivity contribution in [3.05, 3.63) is 99.1 Å². The number of hydrogen-bond donors (Lipinski definition) is 6. The first kappa shape index (κ1) is 55.7. The van der Waals surface area contributed by atoms with Crippen LogP contribution in [0.25, 0.3) is 10.4 Å². The van der Waals surface area contributed by atoms with Crippen LogP contribution in [0.1, 0.15) is 113 Å². The van der Waals surface area contributed by atoms with Crippen LogP contribution in [0, 0.1) is 12.3 Å². The van der Waals surface area contributed by atoms with Gasteiger partial charge in [-0.25, -0.2) is 4.98 Å². The molecule has 0 aliphatic carbocycles. The maximum atomic E-state index is 14.2. The standard InChI is InChI=1S/C53H67ClN8O8S.ClH/c1-30(32-14-16-34(17-15-32)47-31(2)57-29-71-47)58-49(66)42-26-38(63)27-61(42)52(69)48(53(3,4)5)60-45(65)13-8-6-7-10-35-24-39(20-21-40(35)54)70-28-37(19-23-44(56)64)59-50(67)43-25-36-12-9-11-33-18-22-41(55)51(68)62(43)46(33)36;/h9,11-12,14-17,20-21,24,29-30,37-38,41-43,48,63H,6-8,10,13,18-19,22-23,25-28,55H2,1-5H3,(H2,56,64)(H,58,66)(H,59,67)(H,60,65);1H/t30-,37-,38+,41-,42-,43-,48+;/m0./s1. The molecule has 0 unspecified atom stereocenters. The lowest BCUT2D eigenvalue weighted by Gasteiger charge is -2.35. The molecule has 3 aromatic carbocycles. The fourth-order valence-electron chi connectivity index (χ4n) is 9.73. The molecule has 1 fully saturated rings. The monoisotopic (exact) mass is 1050 g/mol. The van der Waals surface area contributed by atoms with E-state index in [9.17, 15) is 33.9 Å². The predicted molar refractivity (Wildman–Crippen MR) is 281 cm³/mol. The molecule has 16 nitrogen and oxygen atoms in total. The molecule has 0 bridgehead atoms. The second kappa shape index (κ2) is 24.4. The smallest absolute Gasteiger partial charge is 0.246 e. The van der Waals surface area contributed by atoms with Crippen LogP contribution in [-0.4, -0.2) is 99.9 Å². The highest BCUT2D eigenvalue weighted by Gasteiger charge is 2.45. The van der Waals surface area contributed by atoms with E-state index in [4.69, 9.17) is 27.8 Å². The summed E-state index contributed by atoms with van der Waals surface area (Å²) in [7, 11) is 0. The Labute approximate surface area is 436 Å². The number of unbranched alkanes of at least 4 members (excludes halogenated alkanes) is 2. The topological polar surface area (TPSA) is 239 Å². The number of halogens is 2. The summed E-state index contributed by atoms with van der Waals surface area (Å²) in [4.78, 5) is 88.8. The average Bonchev–Trinajstić information content (AvgIpc) is 4.05. The van der Waals surface area contributed by atoms with E-state index in [0.29, 0.717) is 55.7 Å². The number of thiazole rings is 1. The number of para-hydroxylation sites is 1. The third-order valence-corrected chi connectivity index (χ3v) is 15.1. The van der Waals surface area contributed by atoms with Crippen molar-refractivity contribution in [1.82, 2.24) is 25.8 Å². The maximum absolute atomic E-state index is 14.2. The highest BCUT2D eigenvalue weighted by molar-refractivity contribution is 7.13. The lowest BCUT2D eigenvalue weighted by Crippen LogP contribution is -2.57. The fourth-order valence-corrected chi connectivity index (χ4v) is 10.8. The second-order valence-electron chi connectivity index (χ2n) is 20.2. The minimum Gasteiger partial charge on any atom is -0.491 e. The molecule has 4 heterocycles. The third kappa shape index (κ3) is 13.5. The number of nitrogens with zero attached hydrogens (tertiary/aromatic N) is 3. The van der Waals surface area contributed by atoms with E-state index in [2.05, 4.69) is 20.9 Å². The van der Waals surface area contributed by atoms with Crippen molar-refractivity contribution in [3.8, 4) is 16.2 Å². The number of carbonyl (C=O) groups is 6. The van der Waals surface area contributed by atoms with E-state index >= 15 is 0 Å². The number of nitrogens with two attached hydrogens (primary N) is 2. The molecule has 1 aromatic heterocycles. The molecule has 19 heteroatoms. The zero-order chi connectivity index (χ0) is 51.1. The molecule has 6 amide bonds. The molecule has 8 N–H and O–H groups in total. The van der Waals surface area contributed by atoms with E-state index in [1.165, 1.54) is 4.90 Å². The van der Waals surface area contributed by atoms with Crippen molar-refractivity contribution in [1.29, 1.82) is 0 Å². The van der Waals surface area contributed by atoms with E-state index in [1.54, 1.807) is 28.4 Å². The summed E-state index contributed by atoms with van der Waals surface area (Å²) in [5, 5.41) is 20.2. The van der Waals surface area contributed by atoms with Crippen LogP contribution in [0.2, 0.25) is 5.02 Å². The van der Waals surface area contributed by atoms with Crippen molar-refractivity contribution in [2.45, 2.75) is 148 Å². The van der Waals surface area contributed by atoms with Crippen LogP contribution in [-0.2, 0) is 48.0 Å². The van der Waals surface area contributed by atoms with Gasteiger partial charge in [0.15, 0.2) is 0 Å². The number of hydrogen-bond acceptors (Lipinski definition) is 11. The molecule has 388 valence electrons. The van der Waals surface area contributed by atoms with Gasteiger partial charge >= 0.3 is 0 Å². The van der Waals surface area contributed by atoms with Crippen molar-refractivity contribution >= 4 is 76.5 Å². The average molecular weight is 1050 g/mol. The number of likely N-dealkylation sites (tertiary alicyclic amines) is 1. The maximum Gasteiger partial charge on any atom is 0.246 e. The summed E-state index contributed by atoms with van der Waals surface area (Å²) in [5.41, 5.74) is 19.2. The molecule has 3 aliphatic rings. The normalized spacial score (nSPS) is 19.6. The molecule has 0 spiro atoms. The van der Waals surface area contributed by atoms with Crippen LogP contribution in [0.15, 0.2) is 66.2 Å². The van der Waals surface area contributed by atoms with Gasteiger partial charge in [-0.15, -0.1) is 23.7 Å². The Morgan fingerprint density at radius 2 is 1.68 bits per heavy atom. The van der Waals surface area contributed by atoms with Crippen molar-refractivity contribution in [2.75, 3.05) is 18.1 Å². The van der Waals surface area contributed by atoms with Gasteiger partial charge in [-0.3, -0.25) is 33.7 Å². The van der Waals surface area contributed by atoms with Crippen LogP contribution in [0.4, 0.5) is 5.69 Å². The van der Waals surface area contributed by atoms with Crippen LogP contribution < -0.4 is 37.1 Å². The molecule has 72 heavy (non-hydrogen) atoms. The quantitative estimate of drug-likeness (QED) is 0.0562. The number of primary amides is 1. The number of aromatic nitrogens is 1. The highest BCUT2D eigenvalue weighted by Crippen LogP contribution is 2.39. The van der Waals surface area contributed by atoms with Crippen LogP contribution in [0.5, 0.6) is 5.75 Å². The summed E-state index contributed by atoms with van der Waals surface area (Å²) in [5.74, 6) is -1.75. The fraction of sp³-hybridized carbons (Fsp3) is 0.491. The van der Waals surface area contributed by atoms with Gasteiger partial charge < -0.3 is 42.2 Å². The first-order valence-electron chi connectivity index (χ1n) is 24.6. The Kier molecular flexibility index (Phi) is 18.9. The number of rotatable bonds is 20. The van der Waals surface area contributed by atoms with Gasteiger partial charge in [0.05, 0.1) is 46.0 Å². The summed E-state index contributed by atoms with van der Waals surface area (Å²) in [6.07, 6.45) is 3.62. The molecule has 3 aliphatic heterocycles. The van der Waals surface area contributed by atoms with Gasteiger partial charge in [0.1, 0.15) is 30.5 Å². The first-order valence-corrected chi connectivity index (χ1v) is 25.8. The molecule has 4 aromatic rings. The number of β-amino-alcohol motifs (C(OH)–C–C–N with tert-alkyl or cyclic N) is 1. The predicted octanol–water partition coefficient (Wildman–Crippen LogP) is 6.03. The van der Waals surface area contributed by atoms with E-state index < -0.39 is 53.5 Å². The van der Waals surface area contributed by atoms with Gasteiger partial charge in [-0.2, -0.15) is 0 Å². The Morgan fingerprint density at radius 1 is 0.958 bits per heavy atom. The van der Waals surface area contributed by atoms with Gasteiger partial charge in [0.25, 0.3) is 0 Å². The van der Waals surface area contributed by atoms with E-state index in [1.807, 2.05) is 88.7 Å². The minimum atomic E-state index is -0.938. The second-order valence-corrected chi connectivity index (χ2v) is 21.5. The zero-order valence-electron chi connectivity index (χ0n) is 41.6. The Morgan fingerprint density at radius 3 is 2.38 bits per heavy atom. The zero-order valence-corrected chi connectivity index (χ0v) is 44.0. The number of amides is 6. The molecule has 7 atom stereocenters. The van der Waals surface area contributed by atoms with Gasteiger partial charge in [-0.05, 0) is 104 Å². The summed E-state index contributed by atoms with van der Waals surface area (Å²) in [6, 6.07) is 14.7. The van der Waals surface area contributed by atoms with Crippen molar-refractivity contribution in [3.63, 3.8) is 0 Å². The molecular weight excluding hydrogens is 980 g/mol. The number of anilines is 1. The summed E-state index contributed by atoms with van der Waals surface area (Å²) >= 11 is 8.18. The molecule has 0 radical (unpaired) electrons. The Balaban J connectivity index is 0.00000847. The van der Waals surface area contributed by atoms with Crippen molar-refractivity contribution < 1.29 is 38.6 Å². The summed E-state index contributed by atoms with van der Waals surface area (Å²) in [6.45, 7) is 9.42. The van der Waals surface area contributed by atoms with Gasteiger partial charge in [0, 0.05) is 37.3 Å². The SMILES string of the molecule is Cc1ncsc1-c1ccc([C@H](C)NC(=O)[C@@H]2C[C@@H](O)CN2C(=O)[C@@H](NC(=O)CCCCCc2cc(OC[C@H](CCC(N)=O)NC(=O)[C@@H]3Cc4cccc5c4N3C(=O)[C@@H](N)CC5)ccc2Cl)C(C)(C)C)cc1.Cl. The van der Waals surface area contributed by atoms with Crippen molar-refractivity contribution in [2.24, 2.45) is 16.9 Å². The van der Waals surface area contributed by atoms with Gasteiger partial charge in [-0.1, -0.05) is 81.3 Å². The molecule has 7 rings (SSSR count). The van der Waals surface area contributed by atoms with E-state index in [0.717, 1.165) is 44.1 Å². The highest BCUT2D eigenvalue weighted by atomic mass is 35.5. The third-order valence-electron chi connectivity index (χ3n) is 13.7. The van der Waals surface area contributed by atoms with Crippen LogP contribution >= 0.6 is 35.3 Å². The number of aryl methyl sites for hydroxylation is 3. The number of aliphatic hydroxyl groups excluding tert-OH is 1. The number of benzene rings is 3. The number of carbonyl (C=O) groups excluding carboxylic acids is 6. The number of nitrogens with one attached hydrogen (secondary N) is 3. The Bertz CT molecular complexity index is 2610. The Hall–Kier alpha value is -5.59.